The standard InChI is InChI=1S/C14H21ClN2O/c1-10-9-18-7-6-17(10)14(11(2)16)12-4-3-5-13(15)8-12/h3-5,8,10-11,14H,6-7,9,16H2,1-2H3. The molecule has 1 aliphatic heterocycles. The quantitative estimate of drug-likeness (QED) is 0.915. The molecule has 2 rings (SSSR count). The first-order valence-corrected chi connectivity index (χ1v) is 6.82. The molecule has 18 heavy (non-hydrogen) atoms. The number of nitrogens with zero attached hydrogens (tertiary/aromatic N) is 1. The van der Waals surface area contributed by atoms with Crippen molar-refractivity contribution in [2.75, 3.05) is 19.8 Å². The number of rotatable bonds is 3. The summed E-state index contributed by atoms with van der Waals surface area (Å²) in [6.07, 6.45) is 0. The predicted octanol–water partition coefficient (Wildman–Crippen LogP) is 2.45. The van der Waals surface area contributed by atoms with Gasteiger partial charge in [-0.15, -0.1) is 0 Å². The summed E-state index contributed by atoms with van der Waals surface area (Å²) in [4.78, 5) is 2.42. The van der Waals surface area contributed by atoms with Crippen molar-refractivity contribution >= 4 is 11.6 Å². The van der Waals surface area contributed by atoms with E-state index in [1.54, 1.807) is 0 Å². The lowest BCUT2D eigenvalue weighted by Gasteiger charge is -2.41. The van der Waals surface area contributed by atoms with Crippen LogP contribution in [0, 0.1) is 0 Å². The van der Waals surface area contributed by atoms with Crippen molar-refractivity contribution in [3.8, 4) is 0 Å². The molecule has 3 unspecified atom stereocenters. The molecule has 1 aromatic rings. The Morgan fingerprint density at radius 2 is 2.28 bits per heavy atom. The summed E-state index contributed by atoms with van der Waals surface area (Å²) in [5.74, 6) is 0. The second kappa shape index (κ2) is 6.02. The first-order chi connectivity index (χ1) is 8.59. The Balaban J connectivity index is 2.27. The fourth-order valence-electron chi connectivity index (χ4n) is 2.64. The molecule has 0 aromatic heterocycles. The third kappa shape index (κ3) is 3.04. The fraction of sp³-hybridized carbons (Fsp3) is 0.571. The van der Waals surface area contributed by atoms with Gasteiger partial charge in [0, 0.05) is 23.7 Å². The Morgan fingerprint density at radius 1 is 1.50 bits per heavy atom. The number of benzene rings is 1. The predicted molar refractivity (Wildman–Crippen MR) is 74.8 cm³/mol. The summed E-state index contributed by atoms with van der Waals surface area (Å²) in [7, 11) is 0. The third-order valence-electron chi connectivity index (χ3n) is 3.46. The van der Waals surface area contributed by atoms with Gasteiger partial charge in [0.2, 0.25) is 0 Å². The van der Waals surface area contributed by atoms with Gasteiger partial charge in [-0.2, -0.15) is 0 Å². The Bertz CT molecular complexity index is 397. The molecule has 2 N–H and O–H groups in total. The molecule has 1 aromatic carbocycles. The highest BCUT2D eigenvalue weighted by Crippen LogP contribution is 2.28. The minimum atomic E-state index is 0.0593. The van der Waals surface area contributed by atoms with Crippen molar-refractivity contribution in [1.82, 2.24) is 4.90 Å². The van der Waals surface area contributed by atoms with Gasteiger partial charge in [-0.25, -0.2) is 0 Å². The van der Waals surface area contributed by atoms with Crippen LogP contribution in [-0.2, 0) is 4.74 Å². The summed E-state index contributed by atoms with van der Waals surface area (Å²) in [6, 6.07) is 8.63. The Labute approximate surface area is 114 Å². The highest BCUT2D eigenvalue weighted by atomic mass is 35.5. The topological polar surface area (TPSA) is 38.5 Å². The molecule has 1 heterocycles. The van der Waals surface area contributed by atoms with Crippen LogP contribution < -0.4 is 5.73 Å². The van der Waals surface area contributed by atoms with Crippen LogP contribution in [0.2, 0.25) is 5.02 Å². The molecule has 0 spiro atoms. The molecule has 1 saturated heterocycles. The average molecular weight is 269 g/mol. The normalized spacial score (nSPS) is 24.8. The second-order valence-electron chi connectivity index (χ2n) is 5.02. The van der Waals surface area contributed by atoms with Gasteiger partial charge in [-0.05, 0) is 31.5 Å². The molecule has 3 atom stereocenters. The zero-order valence-corrected chi connectivity index (χ0v) is 11.7. The maximum Gasteiger partial charge on any atom is 0.0620 e. The van der Waals surface area contributed by atoms with Gasteiger partial charge in [0.15, 0.2) is 0 Å². The van der Waals surface area contributed by atoms with Crippen LogP contribution >= 0.6 is 11.6 Å². The molecule has 0 saturated carbocycles. The third-order valence-corrected chi connectivity index (χ3v) is 3.70. The molecule has 0 amide bonds. The van der Waals surface area contributed by atoms with E-state index in [4.69, 9.17) is 22.1 Å². The lowest BCUT2D eigenvalue weighted by atomic mass is 9.97. The van der Waals surface area contributed by atoms with Crippen LogP contribution in [0.4, 0.5) is 0 Å². The van der Waals surface area contributed by atoms with Crippen LogP contribution in [-0.4, -0.2) is 36.7 Å². The van der Waals surface area contributed by atoms with Gasteiger partial charge in [-0.1, -0.05) is 23.7 Å². The molecule has 0 bridgehead atoms. The van der Waals surface area contributed by atoms with Crippen molar-refractivity contribution in [2.24, 2.45) is 5.73 Å². The summed E-state index contributed by atoms with van der Waals surface area (Å²) in [6.45, 7) is 6.69. The molecule has 100 valence electrons. The maximum atomic E-state index is 6.19. The van der Waals surface area contributed by atoms with Gasteiger partial charge in [0.05, 0.1) is 19.3 Å². The van der Waals surface area contributed by atoms with Crippen LogP contribution in [0.5, 0.6) is 0 Å². The molecule has 1 aliphatic rings. The lowest BCUT2D eigenvalue weighted by molar-refractivity contribution is -0.0268. The van der Waals surface area contributed by atoms with E-state index in [1.807, 2.05) is 25.1 Å². The minimum absolute atomic E-state index is 0.0593. The lowest BCUT2D eigenvalue weighted by Crippen LogP contribution is -2.50. The van der Waals surface area contributed by atoms with Gasteiger partial charge >= 0.3 is 0 Å². The van der Waals surface area contributed by atoms with E-state index >= 15 is 0 Å². The molecule has 4 heteroatoms. The van der Waals surface area contributed by atoms with Crippen LogP contribution in [0.25, 0.3) is 0 Å². The maximum absolute atomic E-state index is 6.19. The number of hydrogen-bond acceptors (Lipinski definition) is 3. The SMILES string of the molecule is CC(N)C(c1cccc(Cl)c1)N1CCOCC1C. The zero-order valence-electron chi connectivity index (χ0n) is 11.0. The van der Waals surface area contributed by atoms with Crippen molar-refractivity contribution in [1.29, 1.82) is 0 Å². The minimum Gasteiger partial charge on any atom is -0.379 e. The second-order valence-corrected chi connectivity index (χ2v) is 5.46. The Morgan fingerprint density at radius 3 is 2.89 bits per heavy atom. The van der Waals surface area contributed by atoms with Crippen molar-refractivity contribution in [3.63, 3.8) is 0 Å². The molecular formula is C14H21ClN2O. The Hall–Kier alpha value is -0.610. The Kier molecular flexibility index (Phi) is 4.62. The zero-order chi connectivity index (χ0) is 13.1. The van der Waals surface area contributed by atoms with Crippen LogP contribution in [0.1, 0.15) is 25.5 Å². The number of hydrogen-bond donors (Lipinski definition) is 1. The monoisotopic (exact) mass is 268 g/mol. The van der Waals surface area contributed by atoms with Crippen molar-refractivity contribution in [3.05, 3.63) is 34.9 Å². The van der Waals surface area contributed by atoms with Crippen molar-refractivity contribution < 1.29 is 4.74 Å². The molecule has 1 fully saturated rings. The molecule has 0 aliphatic carbocycles. The van der Waals surface area contributed by atoms with Gasteiger partial charge in [0.25, 0.3) is 0 Å². The van der Waals surface area contributed by atoms with Crippen molar-refractivity contribution in [2.45, 2.75) is 32.0 Å². The smallest absolute Gasteiger partial charge is 0.0620 e. The fourth-order valence-corrected chi connectivity index (χ4v) is 2.84. The molecule has 0 radical (unpaired) electrons. The van der Waals surface area contributed by atoms with E-state index in [0.717, 1.165) is 24.8 Å². The first kappa shape index (κ1) is 13.8. The van der Waals surface area contributed by atoms with E-state index in [-0.39, 0.29) is 12.1 Å². The summed E-state index contributed by atoms with van der Waals surface area (Å²) < 4.78 is 5.49. The summed E-state index contributed by atoms with van der Waals surface area (Å²) in [5, 5.41) is 0.763. The van der Waals surface area contributed by atoms with E-state index in [0.29, 0.717) is 6.04 Å². The first-order valence-electron chi connectivity index (χ1n) is 6.44. The number of halogens is 1. The number of ether oxygens (including phenoxy) is 1. The summed E-state index contributed by atoms with van der Waals surface area (Å²) in [5.41, 5.74) is 7.37. The number of morpholine rings is 1. The van der Waals surface area contributed by atoms with Gasteiger partial charge in [0.1, 0.15) is 0 Å². The van der Waals surface area contributed by atoms with Crippen LogP contribution in [0.3, 0.4) is 0 Å². The largest absolute Gasteiger partial charge is 0.379 e. The van der Waals surface area contributed by atoms with Crippen LogP contribution in [0.15, 0.2) is 24.3 Å². The number of nitrogens with two attached hydrogens (primary N) is 1. The molecule has 3 nitrogen and oxygen atoms in total. The van der Waals surface area contributed by atoms with E-state index in [1.165, 1.54) is 5.56 Å². The van der Waals surface area contributed by atoms with E-state index < -0.39 is 0 Å². The van der Waals surface area contributed by atoms with Gasteiger partial charge in [-0.3, -0.25) is 4.90 Å². The van der Waals surface area contributed by atoms with E-state index in [9.17, 15) is 0 Å². The summed E-state index contributed by atoms with van der Waals surface area (Å²) >= 11 is 6.08. The molecular weight excluding hydrogens is 248 g/mol. The highest BCUT2D eigenvalue weighted by molar-refractivity contribution is 6.30. The average Bonchev–Trinajstić information content (AvgIpc) is 2.32. The highest BCUT2D eigenvalue weighted by Gasteiger charge is 2.30. The van der Waals surface area contributed by atoms with Gasteiger partial charge < -0.3 is 10.5 Å². The van der Waals surface area contributed by atoms with E-state index in [2.05, 4.69) is 17.9 Å².